The van der Waals surface area contributed by atoms with Crippen molar-refractivity contribution < 1.29 is 47.8 Å². The lowest BCUT2D eigenvalue weighted by molar-refractivity contribution is -0.147. The van der Waals surface area contributed by atoms with Crippen LogP contribution in [0.1, 0.15) is 187 Å². The number of allylic oxidation sites excluding steroid dienone is 10. The van der Waals surface area contributed by atoms with Gasteiger partial charge in [0.15, 0.2) is 6.04 Å². The Morgan fingerprint density at radius 2 is 0.983 bits per heavy atom. The zero-order chi connectivity index (χ0) is 43.5. The Bertz CT molecular complexity index is 1230. The smallest absolute Gasteiger partial charge is 0.472 e. The molecule has 0 radical (unpaired) electrons. The summed E-state index contributed by atoms with van der Waals surface area (Å²) in [5, 5.41) is 21.8. The predicted octanol–water partition coefficient (Wildman–Crippen LogP) is 11.9. The first kappa shape index (κ1) is 56.2. The minimum Gasteiger partial charge on any atom is -0.480 e. The van der Waals surface area contributed by atoms with E-state index < -0.39 is 57.6 Å². The number of rotatable bonds is 42. The molecule has 0 aliphatic rings. The van der Waals surface area contributed by atoms with Crippen molar-refractivity contribution in [1.82, 2.24) is 5.32 Å². The minimum atomic E-state index is -4.76. The number of aliphatic carboxylic acids is 1. The number of phosphoric ester groups is 1. The van der Waals surface area contributed by atoms with Gasteiger partial charge in [0.1, 0.15) is 12.7 Å². The van der Waals surface area contributed by atoms with Crippen molar-refractivity contribution in [2.24, 2.45) is 0 Å². The molecule has 3 unspecified atom stereocenters. The summed E-state index contributed by atoms with van der Waals surface area (Å²) in [6.07, 6.45) is 48.1. The van der Waals surface area contributed by atoms with Crippen LogP contribution in [0.4, 0.5) is 0 Å². The van der Waals surface area contributed by atoms with Gasteiger partial charge in [-0.2, -0.15) is 0 Å². The Kier molecular flexibility index (Phi) is 39.9. The van der Waals surface area contributed by atoms with Crippen molar-refractivity contribution in [3.05, 3.63) is 60.8 Å². The first-order valence-corrected chi connectivity index (χ1v) is 24.3. The summed E-state index contributed by atoms with van der Waals surface area (Å²) in [6.45, 7) is 2.46. The van der Waals surface area contributed by atoms with Gasteiger partial charge >= 0.3 is 19.8 Å². The number of esters is 1. The Hall–Kier alpha value is -2.82. The second kappa shape index (κ2) is 41.9. The third-order valence-electron chi connectivity index (χ3n) is 9.57. The molecule has 1 amide bonds. The van der Waals surface area contributed by atoms with Gasteiger partial charge in [-0.1, -0.05) is 177 Å². The van der Waals surface area contributed by atoms with Crippen LogP contribution >= 0.6 is 7.82 Å². The molecule has 12 heteroatoms. The Morgan fingerprint density at radius 3 is 1.47 bits per heavy atom. The number of aliphatic hydroxyl groups excluding tert-OH is 1. The van der Waals surface area contributed by atoms with Gasteiger partial charge in [-0.15, -0.1) is 0 Å². The number of carboxylic acid groups (broad SMARTS) is 1. The van der Waals surface area contributed by atoms with Gasteiger partial charge < -0.3 is 25.2 Å². The number of nitrogens with one attached hydrogen (secondary N) is 1. The summed E-state index contributed by atoms with van der Waals surface area (Å²) < 4.78 is 26.8. The fourth-order valence-corrected chi connectivity index (χ4v) is 6.82. The van der Waals surface area contributed by atoms with Crippen molar-refractivity contribution in [1.29, 1.82) is 0 Å². The van der Waals surface area contributed by atoms with E-state index in [2.05, 4.69) is 79.9 Å². The van der Waals surface area contributed by atoms with Crippen molar-refractivity contribution >= 4 is 25.7 Å². The molecule has 0 aliphatic carbocycles. The lowest BCUT2D eigenvalue weighted by atomic mass is 10.0. The molecular formula is C47H82NO10P. The van der Waals surface area contributed by atoms with Gasteiger partial charge in [-0.3, -0.25) is 18.6 Å². The number of unbranched alkanes of at least 4 members (excludes halogenated alkanes) is 18. The summed E-state index contributed by atoms with van der Waals surface area (Å²) in [7, 11) is -4.76. The van der Waals surface area contributed by atoms with Crippen LogP contribution in [0.25, 0.3) is 0 Å². The largest absolute Gasteiger partial charge is 0.480 e. The van der Waals surface area contributed by atoms with Crippen LogP contribution in [0.5, 0.6) is 0 Å². The molecule has 0 fully saturated rings. The van der Waals surface area contributed by atoms with E-state index in [1.54, 1.807) is 0 Å². The summed E-state index contributed by atoms with van der Waals surface area (Å²) in [5.74, 6) is -2.39. The highest BCUT2D eigenvalue weighted by Crippen LogP contribution is 2.43. The highest BCUT2D eigenvalue weighted by atomic mass is 31.2. The lowest BCUT2D eigenvalue weighted by Gasteiger charge is -2.18. The van der Waals surface area contributed by atoms with E-state index in [9.17, 15) is 34.1 Å². The van der Waals surface area contributed by atoms with Crippen LogP contribution in [0, 0.1) is 0 Å². The molecule has 0 bridgehead atoms. The van der Waals surface area contributed by atoms with Crippen LogP contribution in [0.15, 0.2) is 60.8 Å². The molecule has 0 aliphatic heterocycles. The number of amides is 1. The van der Waals surface area contributed by atoms with Crippen LogP contribution in [-0.4, -0.2) is 64.9 Å². The first-order chi connectivity index (χ1) is 28.6. The molecule has 59 heavy (non-hydrogen) atoms. The maximum absolute atomic E-state index is 12.3. The normalized spacial score (nSPS) is 14.2. The second-order valence-corrected chi connectivity index (χ2v) is 16.7. The van der Waals surface area contributed by atoms with Crippen molar-refractivity contribution in [2.45, 2.75) is 199 Å². The monoisotopic (exact) mass is 852 g/mol. The number of carboxylic acids is 1. The molecule has 0 aromatic carbocycles. The minimum absolute atomic E-state index is 0.145. The number of phosphoric acid groups is 1. The average Bonchev–Trinajstić information content (AvgIpc) is 3.21. The van der Waals surface area contributed by atoms with E-state index in [0.29, 0.717) is 12.8 Å². The van der Waals surface area contributed by atoms with Gasteiger partial charge in [0.05, 0.1) is 13.2 Å². The lowest BCUT2D eigenvalue weighted by Crippen LogP contribution is -2.43. The highest BCUT2D eigenvalue weighted by Gasteiger charge is 2.28. The highest BCUT2D eigenvalue weighted by molar-refractivity contribution is 7.47. The van der Waals surface area contributed by atoms with Crippen LogP contribution in [0.3, 0.4) is 0 Å². The van der Waals surface area contributed by atoms with Gasteiger partial charge in [0.2, 0.25) is 5.91 Å². The summed E-state index contributed by atoms with van der Waals surface area (Å²) >= 11 is 0. The number of hydrogen-bond donors (Lipinski definition) is 4. The molecule has 3 atom stereocenters. The molecule has 0 aromatic rings. The van der Waals surface area contributed by atoms with E-state index in [-0.39, 0.29) is 12.8 Å². The van der Waals surface area contributed by atoms with E-state index in [1.165, 1.54) is 64.2 Å². The third-order valence-corrected chi connectivity index (χ3v) is 10.5. The van der Waals surface area contributed by atoms with E-state index in [0.717, 1.165) is 83.5 Å². The summed E-state index contributed by atoms with van der Waals surface area (Å²) in [6, 6.07) is -1.55. The molecule has 0 aromatic heterocycles. The van der Waals surface area contributed by atoms with E-state index >= 15 is 0 Å². The van der Waals surface area contributed by atoms with Gasteiger partial charge in [-0.25, -0.2) is 9.36 Å². The quantitative estimate of drug-likeness (QED) is 0.0201. The molecule has 11 nitrogen and oxygen atoms in total. The molecule has 0 heterocycles. The number of carbonyl (C=O) groups excluding carboxylic acids is 2. The first-order valence-electron chi connectivity index (χ1n) is 22.8. The number of aliphatic hydroxyl groups is 1. The summed E-state index contributed by atoms with van der Waals surface area (Å²) in [4.78, 5) is 45.9. The van der Waals surface area contributed by atoms with Crippen molar-refractivity contribution in [3.63, 3.8) is 0 Å². The van der Waals surface area contributed by atoms with Crippen LogP contribution in [-0.2, 0) is 32.7 Å². The zero-order valence-corrected chi connectivity index (χ0v) is 37.7. The SMILES string of the molecule is CC/C=C\C/C=C\C/C=C\C/C=C\C/C=C\CCCCCCCC(=O)OCC(O)COP(=O)(O)OCC(NC(=O)CCCCCCCCCCCCCCCC)C(=O)O. The Labute approximate surface area is 357 Å². The van der Waals surface area contributed by atoms with Crippen LogP contribution in [0.2, 0.25) is 0 Å². The second-order valence-electron chi connectivity index (χ2n) is 15.2. The van der Waals surface area contributed by atoms with E-state index in [4.69, 9.17) is 13.8 Å². The average molecular weight is 852 g/mol. The number of hydrogen-bond acceptors (Lipinski definition) is 8. The molecular weight excluding hydrogens is 769 g/mol. The molecule has 0 rings (SSSR count). The predicted molar refractivity (Wildman–Crippen MR) is 240 cm³/mol. The molecule has 0 spiro atoms. The topological polar surface area (TPSA) is 169 Å². The van der Waals surface area contributed by atoms with Gasteiger partial charge in [0.25, 0.3) is 0 Å². The Morgan fingerprint density at radius 1 is 0.559 bits per heavy atom. The number of ether oxygens (including phenoxy) is 1. The van der Waals surface area contributed by atoms with Crippen molar-refractivity contribution in [2.75, 3.05) is 19.8 Å². The molecule has 340 valence electrons. The standard InChI is InChI=1S/C47H82NO10P/c1-3-5-7-9-11-13-15-17-19-20-21-22-23-24-25-27-29-31-33-35-37-39-46(51)56-40-43(49)41-57-59(54,55)58-42-44(47(52)53)48-45(50)38-36-34-32-30-28-26-18-16-14-12-10-8-6-4-2/h5,7,11,13,17,19,21-22,24-25,43-44,49H,3-4,6,8-10,12,14-16,18,20,23,26-42H2,1-2H3,(H,48,50)(H,52,53)(H,54,55)/b7-5-,13-11-,19-17-,22-21-,25-24-. The molecule has 0 saturated heterocycles. The van der Waals surface area contributed by atoms with Gasteiger partial charge in [-0.05, 0) is 57.8 Å². The Balaban J connectivity index is 3.91. The van der Waals surface area contributed by atoms with Crippen molar-refractivity contribution in [3.8, 4) is 0 Å². The van der Waals surface area contributed by atoms with Gasteiger partial charge in [0, 0.05) is 12.8 Å². The zero-order valence-electron chi connectivity index (χ0n) is 36.8. The van der Waals surface area contributed by atoms with E-state index in [1.807, 2.05) is 0 Å². The van der Waals surface area contributed by atoms with Crippen LogP contribution < -0.4 is 5.32 Å². The number of carbonyl (C=O) groups is 3. The molecule has 4 N–H and O–H groups in total. The fourth-order valence-electron chi connectivity index (χ4n) is 6.05. The maximum atomic E-state index is 12.3. The third kappa shape index (κ3) is 41.7. The summed E-state index contributed by atoms with van der Waals surface area (Å²) in [5.41, 5.74) is 0. The fraction of sp³-hybridized carbons (Fsp3) is 0.723. The molecule has 0 saturated carbocycles. The maximum Gasteiger partial charge on any atom is 0.472 e.